The molecule has 0 atom stereocenters. The van der Waals surface area contributed by atoms with E-state index in [2.05, 4.69) is 10.6 Å². The molecule has 3 rings (SSSR count). The minimum absolute atomic E-state index is 0.287. The van der Waals surface area contributed by atoms with Gasteiger partial charge in [0.05, 0.1) is 6.61 Å². The molecule has 0 aliphatic carbocycles. The van der Waals surface area contributed by atoms with Crippen LogP contribution in [0.5, 0.6) is 11.5 Å². The smallest absolute Gasteiger partial charge is 0.344 e. The molecule has 2 amide bonds. The van der Waals surface area contributed by atoms with E-state index in [1.807, 2.05) is 39.0 Å². The van der Waals surface area contributed by atoms with Crippen LogP contribution >= 0.6 is 0 Å². The van der Waals surface area contributed by atoms with Crippen molar-refractivity contribution in [2.24, 2.45) is 0 Å². The number of carbonyl (C=O) groups excluding carboxylic acids is 3. The fraction of sp³-hybridized carbons (Fsp3) is 0.222. The molecule has 3 aromatic carbocycles. The zero-order valence-electron chi connectivity index (χ0n) is 19.9. The maximum absolute atomic E-state index is 12.4. The van der Waals surface area contributed by atoms with Gasteiger partial charge in [0.1, 0.15) is 11.5 Å². The summed E-state index contributed by atoms with van der Waals surface area (Å²) in [6.45, 7) is 5.53. The number of nitrogens with one attached hydrogen (secondary N) is 2. The predicted molar refractivity (Wildman–Crippen MR) is 133 cm³/mol. The number of rotatable bonds is 10. The van der Waals surface area contributed by atoms with Gasteiger partial charge in [-0.1, -0.05) is 12.1 Å². The van der Waals surface area contributed by atoms with Crippen LogP contribution in [0.2, 0.25) is 0 Å². The van der Waals surface area contributed by atoms with E-state index in [9.17, 15) is 14.4 Å². The zero-order chi connectivity index (χ0) is 25.2. The largest absolute Gasteiger partial charge is 0.494 e. The van der Waals surface area contributed by atoms with Crippen LogP contribution in [0.4, 0.5) is 11.4 Å². The number of amides is 2. The maximum atomic E-state index is 12.4. The van der Waals surface area contributed by atoms with E-state index in [1.165, 1.54) is 0 Å². The van der Waals surface area contributed by atoms with Gasteiger partial charge in [-0.05, 0) is 86.5 Å². The summed E-state index contributed by atoms with van der Waals surface area (Å²) in [7, 11) is 0. The lowest BCUT2D eigenvalue weighted by molar-refractivity contribution is -0.149. The molecular formula is C27H28N2O6. The summed E-state index contributed by atoms with van der Waals surface area (Å²) < 4.78 is 15.8. The van der Waals surface area contributed by atoms with Crippen LogP contribution in [0, 0.1) is 13.8 Å². The number of esters is 1. The Kier molecular flexibility index (Phi) is 8.83. The molecule has 0 unspecified atom stereocenters. The Bertz CT molecular complexity index is 1170. The molecule has 2 N–H and O–H groups in total. The van der Waals surface area contributed by atoms with Crippen molar-refractivity contribution in [3.63, 3.8) is 0 Å². The normalized spacial score (nSPS) is 10.3. The molecule has 0 saturated heterocycles. The average Bonchev–Trinajstić information content (AvgIpc) is 2.85. The molecule has 0 heterocycles. The fourth-order valence-electron chi connectivity index (χ4n) is 3.09. The summed E-state index contributed by atoms with van der Waals surface area (Å²) in [5, 5.41) is 5.42. The molecule has 0 aliphatic rings. The summed E-state index contributed by atoms with van der Waals surface area (Å²) in [6, 6.07) is 19.1. The van der Waals surface area contributed by atoms with Crippen molar-refractivity contribution in [2.75, 3.05) is 30.5 Å². The molecule has 0 saturated carbocycles. The van der Waals surface area contributed by atoms with Crippen molar-refractivity contribution < 1.29 is 28.6 Å². The third-order valence-corrected chi connectivity index (χ3v) is 4.91. The summed E-state index contributed by atoms with van der Waals surface area (Å²) in [5.74, 6) is -0.118. The first-order valence-corrected chi connectivity index (χ1v) is 11.1. The van der Waals surface area contributed by atoms with Crippen molar-refractivity contribution in [3.8, 4) is 11.5 Å². The minimum atomic E-state index is -0.651. The highest BCUT2D eigenvalue weighted by Gasteiger charge is 2.11. The van der Waals surface area contributed by atoms with Crippen LogP contribution in [0.3, 0.4) is 0 Å². The van der Waals surface area contributed by atoms with E-state index < -0.39 is 18.5 Å². The highest BCUT2D eigenvalue weighted by molar-refractivity contribution is 6.04. The van der Waals surface area contributed by atoms with Crippen molar-refractivity contribution in [1.82, 2.24) is 0 Å². The van der Waals surface area contributed by atoms with E-state index in [0.29, 0.717) is 29.3 Å². The quantitative estimate of drug-likeness (QED) is 0.417. The lowest BCUT2D eigenvalue weighted by atomic mass is 10.1. The first-order valence-electron chi connectivity index (χ1n) is 11.1. The van der Waals surface area contributed by atoms with Crippen LogP contribution in [0.1, 0.15) is 28.4 Å². The molecule has 0 spiro atoms. The second-order valence-corrected chi connectivity index (χ2v) is 7.76. The third-order valence-electron chi connectivity index (χ3n) is 4.91. The molecule has 8 heteroatoms. The first-order chi connectivity index (χ1) is 16.8. The Morgan fingerprint density at radius 2 is 1.43 bits per heavy atom. The molecule has 0 aromatic heterocycles. The molecule has 35 heavy (non-hydrogen) atoms. The van der Waals surface area contributed by atoms with E-state index in [1.54, 1.807) is 48.5 Å². The van der Waals surface area contributed by atoms with E-state index in [0.717, 1.165) is 16.9 Å². The van der Waals surface area contributed by atoms with Gasteiger partial charge in [0, 0.05) is 16.9 Å². The topological polar surface area (TPSA) is 103 Å². The number of ether oxygens (including phenoxy) is 3. The van der Waals surface area contributed by atoms with Gasteiger partial charge in [0.2, 0.25) is 0 Å². The molecule has 0 fully saturated rings. The van der Waals surface area contributed by atoms with E-state index >= 15 is 0 Å². The lowest BCUT2D eigenvalue weighted by Gasteiger charge is -2.10. The third kappa shape index (κ3) is 7.89. The molecular weight excluding hydrogens is 448 g/mol. The highest BCUT2D eigenvalue weighted by Crippen LogP contribution is 2.19. The number of carbonyl (C=O) groups is 3. The maximum Gasteiger partial charge on any atom is 0.344 e. The molecule has 8 nitrogen and oxygen atoms in total. The van der Waals surface area contributed by atoms with Crippen LogP contribution < -0.4 is 20.1 Å². The first kappa shape index (κ1) is 25.3. The summed E-state index contributed by atoms with van der Waals surface area (Å²) in [4.78, 5) is 36.5. The van der Waals surface area contributed by atoms with Gasteiger partial charge in [-0.2, -0.15) is 0 Å². The Hall–Kier alpha value is -4.33. The van der Waals surface area contributed by atoms with Gasteiger partial charge in [0.25, 0.3) is 11.8 Å². The Labute approximate surface area is 204 Å². The zero-order valence-corrected chi connectivity index (χ0v) is 19.9. The van der Waals surface area contributed by atoms with Crippen molar-refractivity contribution >= 4 is 29.2 Å². The molecule has 0 bridgehead atoms. The van der Waals surface area contributed by atoms with Crippen molar-refractivity contribution in [3.05, 3.63) is 83.4 Å². The van der Waals surface area contributed by atoms with E-state index in [-0.39, 0.29) is 12.5 Å². The number of hydrogen-bond donors (Lipinski definition) is 2. The monoisotopic (exact) mass is 476 g/mol. The van der Waals surface area contributed by atoms with Crippen molar-refractivity contribution in [2.45, 2.75) is 20.8 Å². The second-order valence-electron chi connectivity index (χ2n) is 7.76. The average molecular weight is 477 g/mol. The number of benzene rings is 3. The summed E-state index contributed by atoms with van der Waals surface area (Å²) in [5.41, 5.74) is 3.44. The minimum Gasteiger partial charge on any atom is -0.494 e. The Balaban J connectivity index is 1.43. The molecule has 0 aliphatic heterocycles. The van der Waals surface area contributed by atoms with E-state index in [4.69, 9.17) is 14.2 Å². The SMILES string of the molecule is CCOc1ccc(NC(=O)c2ccc(NC(=O)COC(=O)COc3cc(C)ccc3C)cc2)cc1. The summed E-state index contributed by atoms with van der Waals surface area (Å²) in [6.07, 6.45) is 0. The van der Waals surface area contributed by atoms with Gasteiger partial charge in [0.15, 0.2) is 13.2 Å². The van der Waals surface area contributed by atoms with Gasteiger partial charge in [-0.15, -0.1) is 0 Å². The number of anilines is 2. The molecule has 3 aromatic rings. The number of hydrogen-bond acceptors (Lipinski definition) is 6. The van der Waals surface area contributed by atoms with Crippen LogP contribution in [-0.4, -0.2) is 37.6 Å². The van der Waals surface area contributed by atoms with Gasteiger partial charge in [-0.25, -0.2) is 4.79 Å². The van der Waals surface area contributed by atoms with Gasteiger partial charge in [-0.3, -0.25) is 9.59 Å². The number of aryl methyl sites for hydroxylation is 2. The predicted octanol–water partition coefficient (Wildman–Crippen LogP) is 4.52. The Morgan fingerprint density at radius 1 is 0.771 bits per heavy atom. The standard InChI is InChI=1S/C27H28N2O6/c1-4-33-23-13-11-22(12-14-23)29-27(32)20-7-9-21(10-8-20)28-25(30)16-35-26(31)17-34-24-15-18(2)5-6-19(24)3/h5-15H,4,16-17H2,1-3H3,(H,28,30)(H,29,32). The van der Waals surface area contributed by atoms with Gasteiger partial charge < -0.3 is 24.8 Å². The van der Waals surface area contributed by atoms with Crippen molar-refractivity contribution in [1.29, 1.82) is 0 Å². The highest BCUT2D eigenvalue weighted by atomic mass is 16.6. The van der Waals surface area contributed by atoms with Crippen LogP contribution in [-0.2, 0) is 14.3 Å². The van der Waals surface area contributed by atoms with Gasteiger partial charge >= 0.3 is 5.97 Å². The fourth-order valence-corrected chi connectivity index (χ4v) is 3.09. The lowest BCUT2D eigenvalue weighted by Crippen LogP contribution is -2.23. The van der Waals surface area contributed by atoms with Crippen LogP contribution in [0.25, 0.3) is 0 Å². The summed E-state index contributed by atoms with van der Waals surface area (Å²) >= 11 is 0. The molecule has 182 valence electrons. The van der Waals surface area contributed by atoms with Crippen LogP contribution in [0.15, 0.2) is 66.7 Å². The molecule has 0 radical (unpaired) electrons. The second kappa shape index (κ2) is 12.2. The Morgan fingerprint density at radius 3 is 2.11 bits per heavy atom.